The molecule has 0 aromatic heterocycles. The van der Waals surface area contributed by atoms with E-state index in [4.69, 9.17) is 19.1 Å². The normalized spacial score (nSPS) is 11.3. The molecule has 0 atom stereocenters. The molecule has 0 radical (unpaired) electrons. The maximum atomic E-state index is 13.8. The number of anilines is 1. The molecule has 0 unspecified atom stereocenters. The first-order valence-corrected chi connectivity index (χ1v) is 20.0. The van der Waals surface area contributed by atoms with Gasteiger partial charge in [0, 0.05) is 18.3 Å². The van der Waals surface area contributed by atoms with Crippen molar-refractivity contribution in [2.45, 2.75) is 6.18 Å². The number of nitrogens with zero attached hydrogens (tertiary/aromatic N) is 1. The quantitative estimate of drug-likeness (QED) is 0.108. The Balaban J connectivity index is 0.00000129. The number of benzene rings is 5. The molecule has 0 saturated carbocycles. The van der Waals surface area contributed by atoms with Gasteiger partial charge in [0.1, 0.15) is 0 Å². The second-order valence-corrected chi connectivity index (χ2v) is 15.8. The average Bonchev–Trinajstić information content (AvgIpc) is 3.03. The van der Waals surface area contributed by atoms with Crippen molar-refractivity contribution in [3.05, 3.63) is 151 Å². The number of halogens is 5. The fourth-order valence-electron chi connectivity index (χ4n) is 4.48. The van der Waals surface area contributed by atoms with Crippen molar-refractivity contribution in [3.63, 3.8) is 0 Å². The van der Waals surface area contributed by atoms with Crippen LogP contribution < -0.4 is 26.1 Å². The summed E-state index contributed by atoms with van der Waals surface area (Å²) >= 11 is -0.106. The molecule has 5 rings (SSSR count). The fourth-order valence-corrected chi connectivity index (χ4v) is 9.23. The average molecular weight is 735 g/mol. The van der Waals surface area contributed by atoms with Gasteiger partial charge in [0.25, 0.3) is 0 Å². The van der Waals surface area contributed by atoms with Crippen molar-refractivity contribution in [1.29, 1.82) is 0 Å². The van der Waals surface area contributed by atoms with E-state index in [9.17, 15) is 13.2 Å². The van der Waals surface area contributed by atoms with Gasteiger partial charge in [0.05, 0.1) is 5.56 Å². The monoisotopic (exact) mass is 733 g/mol. The molecule has 0 spiro atoms. The molecule has 0 aliphatic carbocycles. The predicted molar refractivity (Wildman–Crippen MR) is 174 cm³/mol. The second-order valence-electron chi connectivity index (χ2n) is 9.11. The minimum atomic E-state index is -4.41. The van der Waals surface area contributed by atoms with Gasteiger partial charge in [0.15, 0.2) is 0 Å². The Morgan fingerprint density at radius 3 is 1.17 bits per heavy atom. The molecule has 5 aromatic carbocycles. The summed E-state index contributed by atoms with van der Waals surface area (Å²) in [6.45, 7) is 0. The zero-order valence-corrected chi connectivity index (χ0v) is 27.2. The van der Waals surface area contributed by atoms with Crippen LogP contribution in [0.2, 0.25) is 0 Å². The van der Waals surface area contributed by atoms with Gasteiger partial charge < -0.3 is 4.90 Å². The first-order chi connectivity index (χ1) is 20.4. The van der Waals surface area contributed by atoms with E-state index >= 15 is 0 Å². The first-order valence-electron chi connectivity index (χ1n) is 12.9. The number of rotatable bonds is 9. The SMILES string of the molecule is FC(F)(F)c1cccc(N(CP(c2ccccc2)c2ccccc2)CP(c2ccccc2)c2ccccc2)c1.[Cl][Pd][Cl]. The molecule has 0 heterocycles. The number of alkyl halides is 3. The molecule has 0 aliphatic heterocycles. The molecular weight excluding hydrogens is 707 g/mol. The van der Waals surface area contributed by atoms with Crippen LogP contribution in [0.25, 0.3) is 0 Å². The molecule has 42 heavy (non-hydrogen) atoms. The molecule has 0 amide bonds. The molecular formula is C33H28Cl2F3NP2Pd. The van der Waals surface area contributed by atoms with Crippen molar-refractivity contribution in [2.24, 2.45) is 0 Å². The van der Waals surface area contributed by atoms with E-state index < -0.39 is 27.6 Å². The van der Waals surface area contributed by atoms with Gasteiger partial charge in [0.2, 0.25) is 0 Å². The third-order valence-electron chi connectivity index (χ3n) is 6.43. The van der Waals surface area contributed by atoms with E-state index in [1.54, 1.807) is 0 Å². The zero-order valence-electron chi connectivity index (χ0n) is 22.3. The third-order valence-corrected chi connectivity index (χ3v) is 11.4. The topological polar surface area (TPSA) is 3.24 Å². The van der Waals surface area contributed by atoms with Crippen LogP contribution in [0.3, 0.4) is 0 Å². The summed E-state index contributed by atoms with van der Waals surface area (Å²) in [5.74, 6) is 0. The van der Waals surface area contributed by atoms with E-state index in [2.05, 4.69) is 53.4 Å². The molecule has 9 heteroatoms. The zero-order chi connectivity index (χ0) is 29.8. The van der Waals surface area contributed by atoms with Crippen LogP contribution >= 0.6 is 34.9 Å². The Morgan fingerprint density at radius 2 is 0.857 bits per heavy atom. The van der Waals surface area contributed by atoms with Crippen LogP contribution in [0.15, 0.2) is 146 Å². The van der Waals surface area contributed by atoms with Crippen LogP contribution in [-0.4, -0.2) is 12.6 Å². The van der Waals surface area contributed by atoms with Crippen molar-refractivity contribution < 1.29 is 29.1 Å². The van der Waals surface area contributed by atoms with Crippen LogP contribution in [0, 0.1) is 0 Å². The van der Waals surface area contributed by atoms with Crippen molar-refractivity contribution in [3.8, 4) is 0 Å². The summed E-state index contributed by atoms with van der Waals surface area (Å²) in [5, 5.41) is 4.78. The summed E-state index contributed by atoms with van der Waals surface area (Å²) in [7, 11) is 7.90. The fraction of sp³-hybridized carbons (Fsp3) is 0.0909. The second kappa shape index (κ2) is 16.6. The standard InChI is InChI=1S/C33H28F3NP2.2ClH.Pd/c34-33(35,36)27-14-13-15-28(24-27)37(25-38(29-16-5-1-6-17-29)30-18-7-2-8-19-30)26-39(31-20-9-3-10-21-31)32-22-11-4-12-23-32;;;/h1-24H,25-26H2;2*1H;/q;;;+2/p-2. The van der Waals surface area contributed by atoms with Gasteiger partial charge in [-0.05, 0) is 55.3 Å². The van der Waals surface area contributed by atoms with Gasteiger partial charge in [-0.1, -0.05) is 127 Å². The van der Waals surface area contributed by atoms with Gasteiger partial charge in [-0.25, -0.2) is 0 Å². The van der Waals surface area contributed by atoms with E-state index in [0.717, 1.165) is 6.07 Å². The molecule has 220 valence electrons. The number of hydrogen-bond acceptors (Lipinski definition) is 1. The van der Waals surface area contributed by atoms with Crippen LogP contribution in [-0.2, 0) is 22.1 Å². The maximum absolute atomic E-state index is 13.8. The van der Waals surface area contributed by atoms with Gasteiger partial charge >= 0.3 is 41.2 Å². The van der Waals surface area contributed by atoms with Crippen LogP contribution in [0.1, 0.15) is 5.56 Å². The van der Waals surface area contributed by atoms with Crippen molar-refractivity contribution in [2.75, 3.05) is 17.5 Å². The summed E-state index contributed by atoms with van der Waals surface area (Å²) in [6.07, 6.45) is -3.21. The van der Waals surface area contributed by atoms with Crippen LogP contribution in [0.4, 0.5) is 18.9 Å². The first kappa shape index (κ1) is 32.7. The Hall–Kier alpha value is -2.21. The summed E-state index contributed by atoms with van der Waals surface area (Å²) < 4.78 is 41.4. The Morgan fingerprint density at radius 1 is 0.524 bits per heavy atom. The molecule has 0 aliphatic rings. The van der Waals surface area contributed by atoms with Crippen molar-refractivity contribution >= 4 is 61.8 Å². The van der Waals surface area contributed by atoms with E-state index in [0.29, 0.717) is 18.3 Å². The molecule has 0 saturated heterocycles. The Labute approximate surface area is 264 Å². The van der Waals surface area contributed by atoms with E-state index in [1.165, 1.54) is 33.4 Å². The minimum absolute atomic E-state index is 0.106. The molecule has 0 N–H and O–H groups in total. The van der Waals surface area contributed by atoms with Crippen LogP contribution in [0.5, 0.6) is 0 Å². The Bertz CT molecular complexity index is 1320. The molecule has 0 bridgehead atoms. The molecule has 0 fully saturated rings. The van der Waals surface area contributed by atoms with Gasteiger partial charge in [-0.3, -0.25) is 0 Å². The summed E-state index contributed by atoms with van der Waals surface area (Å²) in [4.78, 5) is 2.17. The van der Waals surface area contributed by atoms with Crippen molar-refractivity contribution in [1.82, 2.24) is 0 Å². The number of hydrogen-bond donors (Lipinski definition) is 0. The third kappa shape index (κ3) is 9.39. The summed E-state index contributed by atoms with van der Waals surface area (Å²) in [6, 6.07) is 47.0. The van der Waals surface area contributed by atoms with Gasteiger partial charge in [-0.15, -0.1) is 0 Å². The Kier molecular flexibility index (Phi) is 12.9. The predicted octanol–water partition coefficient (Wildman–Crippen LogP) is 9.07. The molecule has 5 aromatic rings. The molecule has 1 nitrogen and oxygen atoms in total. The van der Waals surface area contributed by atoms with E-state index in [-0.39, 0.29) is 15.9 Å². The van der Waals surface area contributed by atoms with Gasteiger partial charge in [-0.2, -0.15) is 13.2 Å². The summed E-state index contributed by atoms with van der Waals surface area (Å²) in [5.41, 5.74) is -0.0407. The van der Waals surface area contributed by atoms with E-state index in [1.807, 2.05) is 78.9 Å².